The van der Waals surface area contributed by atoms with Gasteiger partial charge in [-0.2, -0.15) is 0 Å². The van der Waals surface area contributed by atoms with E-state index < -0.39 is 0 Å². The van der Waals surface area contributed by atoms with Crippen LogP contribution in [0.5, 0.6) is 5.75 Å². The number of methoxy groups -OCH3 is 1. The van der Waals surface area contributed by atoms with Crippen LogP contribution in [0, 0.1) is 6.92 Å². The van der Waals surface area contributed by atoms with Crippen molar-refractivity contribution >= 4 is 5.91 Å². The number of hydrogen-bond acceptors (Lipinski definition) is 2. The molecular weight excluding hydrogens is 350 g/mol. The van der Waals surface area contributed by atoms with E-state index in [2.05, 4.69) is 36.5 Å². The van der Waals surface area contributed by atoms with E-state index in [1.165, 1.54) is 16.0 Å². The Morgan fingerprint density at radius 3 is 2.43 bits per heavy atom. The Kier molecular flexibility index (Phi) is 7.06. The first-order valence-electron chi connectivity index (χ1n) is 10.2. The number of quaternary nitrogens is 2. The average Bonchev–Trinajstić information content (AvgIpc) is 2.72. The number of aryl methyl sites for hydroxylation is 1. The van der Waals surface area contributed by atoms with Gasteiger partial charge >= 0.3 is 0 Å². The standard InChI is InChI=1S/C23H31N3O2/c1-18-5-4-6-21(15-18)17-25-11-13-26(14-12-25)19(2)23(27)24-16-20-7-9-22(28-3)10-8-20/h4-10,15,19H,11-14,16-17H2,1-3H3,(H,24,27)/p+2/t19-/m1/s1. The predicted octanol–water partition coefficient (Wildman–Crippen LogP) is -0.00808. The summed E-state index contributed by atoms with van der Waals surface area (Å²) in [5, 5.41) is 3.08. The van der Waals surface area contributed by atoms with Gasteiger partial charge in [0, 0.05) is 12.1 Å². The lowest BCUT2D eigenvalue weighted by molar-refractivity contribution is -1.02. The van der Waals surface area contributed by atoms with Crippen LogP contribution in [0.2, 0.25) is 0 Å². The number of amides is 1. The summed E-state index contributed by atoms with van der Waals surface area (Å²) >= 11 is 0. The fourth-order valence-electron chi connectivity index (χ4n) is 3.92. The number of hydrogen-bond donors (Lipinski definition) is 3. The normalized spacial score (nSPS) is 20.4. The molecule has 1 fully saturated rings. The van der Waals surface area contributed by atoms with Gasteiger partial charge in [0.15, 0.2) is 6.04 Å². The third-order valence-electron chi connectivity index (χ3n) is 5.77. The van der Waals surface area contributed by atoms with Crippen LogP contribution in [0.4, 0.5) is 0 Å². The lowest BCUT2D eigenvalue weighted by atomic mass is 10.1. The van der Waals surface area contributed by atoms with E-state index in [1.54, 1.807) is 12.0 Å². The number of carbonyl (C=O) groups is 1. The molecule has 150 valence electrons. The van der Waals surface area contributed by atoms with Crippen LogP contribution in [0.1, 0.15) is 23.6 Å². The van der Waals surface area contributed by atoms with Crippen molar-refractivity contribution in [3.05, 3.63) is 65.2 Å². The summed E-state index contributed by atoms with van der Waals surface area (Å²) < 4.78 is 5.17. The molecule has 28 heavy (non-hydrogen) atoms. The maximum absolute atomic E-state index is 12.6. The first-order chi connectivity index (χ1) is 13.5. The van der Waals surface area contributed by atoms with Crippen molar-refractivity contribution in [2.45, 2.75) is 33.0 Å². The van der Waals surface area contributed by atoms with Gasteiger partial charge in [0.2, 0.25) is 0 Å². The molecule has 1 aliphatic rings. The Labute approximate surface area is 168 Å². The van der Waals surface area contributed by atoms with Crippen LogP contribution in [0.25, 0.3) is 0 Å². The largest absolute Gasteiger partial charge is 0.497 e. The molecule has 1 aliphatic heterocycles. The topological polar surface area (TPSA) is 47.2 Å². The van der Waals surface area contributed by atoms with Gasteiger partial charge in [-0.25, -0.2) is 0 Å². The fourth-order valence-corrected chi connectivity index (χ4v) is 3.92. The van der Waals surface area contributed by atoms with Gasteiger partial charge in [0.25, 0.3) is 5.91 Å². The Bertz CT molecular complexity index is 768. The van der Waals surface area contributed by atoms with Crippen molar-refractivity contribution in [2.24, 2.45) is 0 Å². The Hall–Kier alpha value is -2.37. The second-order valence-corrected chi connectivity index (χ2v) is 7.86. The minimum Gasteiger partial charge on any atom is -0.497 e. The molecule has 1 saturated heterocycles. The highest BCUT2D eigenvalue weighted by Crippen LogP contribution is 2.10. The lowest BCUT2D eigenvalue weighted by Gasteiger charge is -2.32. The predicted molar refractivity (Wildman–Crippen MR) is 111 cm³/mol. The van der Waals surface area contributed by atoms with Crippen LogP contribution in [0.3, 0.4) is 0 Å². The monoisotopic (exact) mass is 383 g/mol. The molecule has 0 radical (unpaired) electrons. The summed E-state index contributed by atoms with van der Waals surface area (Å²) in [5.74, 6) is 0.965. The Balaban J connectivity index is 1.43. The van der Waals surface area contributed by atoms with E-state index in [0.717, 1.165) is 44.0 Å². The molecule has 5 nitrogen and oxygen atoms in total. The highest BCUT2D eigenvalue weighted by molar-refractivity contribution is 5.79. The van der Waals surface area contributed by atoms with E-state index in [4.69, 9.17) is 4.74 Å². The molecule has 2 aromatic carbocycles. The fraction of sp³-hybridized carbons (Fsp3) is 0.435. The van der Waals surface area contributed by atoms with Gasteiger partial charge in [-0.05, 0) is 31.5 Å². The number of ether oxygens (including phenoxy) is 1. The first-order valence-corrected chi connectivity index (χ1v) is 10.2. The van der Waals surface area contributed by atoms with E-state index in [1.807, 2.05) is 31.2 Å². The molecule has 1 heterocycles. The minimum atomic E-state index is -0.0150. The third kappa shape index (κ3) is 5.57. The summed E-state index contributed by atoms with van der Waals surface area (Å²) in [5.41, 5.74) is 3.82. The Morgan fingerprint density at radius 2 is 1.79 bits per heavy atom. The van der Waals surface area contributed by atoms with Gasteiger partial charge in [-0.15, -0.1) is 0 Å². The Morgan fingerprint density at radius 1 is 1.07 bits per heavy atom. The zero-order valence-electron chi connectivity index (χ0n) is 17.3. The third-order valence-corrected chi connectivity index (χ3v) is 5.77. The summed E-state index contributed by atoms with van der Waals surface area (Å²) in [6.45, 7) is 10.1. The van der Waals surface area contributed by atoms with Gasteiger partial charge in [0.05, 0.1) is 7.11 Å². The van der Waals surface area contributed by atoms with Gasteiger partial charge in [0.1, 0.15) is 38.5 Å². The van der Waals surface area contributed by atoms with Crippen molar-refractivity contribution in [1.29, 1.82) is 0 Å². The van der Waals surface area contributed by atoms with Crippen molar-refractivity contribution in [1.82, 2.24) is 5.32 Å². The van der Waals surface area contributed by atoms with Crippen LogP contribution in [-0.2, 0) is 17.9 Å². The number of piperazine rings is 1. The van der Waals surface area contributed by atoms with Crippen molar-refractivity contribution in [3.8, 4) is 5.75 Å². The summed E-state index contributed by atoms with van der Waals surface area (Å²) in [6, 6.07) is 16.6. The first kappa shape index (κ1) is 20.4. The number of carbonyl (C=O) groups excluding carboxylic acids is 1. The molecule has 1 atom stereocenters. The van der Waals surface area contributed by atoms with Gasteiger partial charge in [-0.3, -0.25) is 4.79 Å². The highest BCUT2D eigenvalue weighted by Gasteiger charge is 2.30. The summed E-state index contributed by atoms with van der Waals surface area (Å²) in [7, 11) is 1.66. The summed E-state index contributed by atoms with van der Waals surface area (Å²) in [4.78, 5) is 15.6. The van der Waals surface area contributed by atoms with Crippen molar-refractivity contribution < 1.29 is 19.3 Å². The lowest BCUT2D eigenvalue weighted by Crippen LogP contribution is -3.29. The SMILES string of the molecule is COc1ccc(CNC(=O)[C@@H](C)[NH+]2CC[NH+](Cc3cccc(C)c3)CC2)cc1. The average molecular weight is 384 g/mol. The van der Waals surface area contributed by atoms with E-state index in [0.29, 0.717) is 6.54 Å². The van der Waals surface area contributed by atoms with Crippen LogP contribution in [0.15, 0.2) is 48.5 Å². The molecule has 0 saturated carbocycles. The molecule has 3 rings (SSSR count). The van der Waals surface area contributed by atoms with Crippen LogP contribution < -0.4 is 19.9 Å². The molecule has 1 amide bonds. The number of benzene rings is 2. The molecule has 0 unspecified atom stereocenters. The smallest absolute Gasteiger partial charge is 0.278 e. The van der Waals surface area contributed by atoms with Crippen LogP contribution >= 0.6 is 0 Å². The van der Waals surface area contributed by atoms with E-state index in [-0.39, 0.29) is 11.9 Å². The molecule has 3 N–H and O–H groups in total. The summed E-state index contributed by atoms with van der Waals surface area (Å²) in [6.07, 6.45) is 0. The second-order valence-electron chi connectivity index (χ2n) is 7.86. The van der Waals surface area contributed by atoms with E-state index in [9.17, 15) is 4.79 Å². The molecule has 0 aromatic heterocycles. The number of rotatable bonds is 7. The van der Waals surface area contributed by atoms with Crippen LogP contribution in [-0.4, -0.2) is 45.2 Å². The maximum Gasteiger partial charge on any atom is 0.278 e. The molecule has 0 spiro atoms. The maximum atomic E-state index is 12.6. The zero-order chi connectivity index (χ0) is 19.9. The van der Waals surface area contributed by atoms with Gasteiger partial charge in [-0.1, -0.05) is 42.0 Å². The number of nitrogens with one attached hydrogen (secondary N) is 3. The quantitative estimate of drug-likeness (QED) is 0.630. The van der Waals surface area contributed by atoms with Crippen molar-refractivity contribution in [3.63, 3.8) is 0 Å². The molecule has 5 heteroatoms. The van der Waals surface area contributed by atoms with Gasteiger partial charge < -0.3 is 19.9 Å². The highest BCUT2D eigenvalue weighted by atomic mass is 16.5. The molecule has 2 aromatic rings. The molecule has 0 aliphatic carbocycles. The van der Waals surface area contributed by atoms with Crippen molar-refractivity contribution in [2.75, 3.05) is 33.3 Å². The van der Waals surface area contributed by atoms with E-state index >= 15 is 0 Å². The molecular formula is C23H33N3O2+2. The minimum absolute atomic E-state index is 0.0150. The molecule has 0 bridgehead atoms. The second kappa shape index (κ2) is 9.71. The zero-order valence-corrected chi connectivity index (χ0v) is 17.3.